The Labute approximate surface area is 143 Å². The molecule has 0 aliphatic heterocycles. The molecule has 7 heteroatoms. The van der Waals surface area contributed by atoms with Gasteiger partial charge in [0.15, 0.2) is 5.82 Å². The molecule has 0 spiro atoms. The van der Waals surface area contributed by atoms with E-state index in [0.717, 1.165) is 5.69 Å². The fourth-order valence-corrected chi connectivity index (χ4v) is 2.26. The third-order valence-electron chi connectivity index (χ3n) is 3.31. The lowest BCUT2D eigenvalue weighted by Gasteiger charge is -2.08. The second kappa shape index (κ2) is 7.70. The van der Waals surface area contributed by atoms with Gasteiger partial charge in [-0.3, -0.25) is 0 Å². The monoisotopic (exact) mass is 343 g/mol. The van der Waals surface area contributed by atoms with Crippen molar-refractivity contribution in [2.75, 3.05) is 17.2 Å². The van der Waals surface area contributed by atoms with Crippen LogP contribution in [0.15, 0.2) is 54.7 Å². The van der Waals surface area contributed by atoms with Crippen LogP contribution in [0.5, 0.6) is 0 Å². The van der Waals surface area contributed by atoms with E-state index in [-0.39, 0.29) is 5.82 Å². The van der Waals surface area contributed by atoms with E-state index in [1.54, 1.807) is 24.3 Å². The molecule has 1 heterocycles. The minimum absolute atomic E-state index is 0.212. The Bertz CT molecular complexity index is 810. The number of anilines is 3. The van der Waals surface area contributed by atoms with Crippen LogP contribution in [0.3, 0.4) is 0 Å². The zero-order valence-corrected chi connectivity index (χ0v) is 13.5. The summed E-state index contributed by atoms with van der Waals surface area (Å²) in [7, 11) is 0. The highest BCUT2D eigenvalue weighted by atomic mass is 35.5. The van der Waals surface area contributed by atoms with Crippen LogP contribution in [-0.4, -0.2) is 21.7 Å². The second-order valence-corrected chi connectivity index (χ2v) is 5.50. The van der Waals surface area contributed by atoms with E-state index in [4.69, 9.17) is 11.6 Å². The van der Waals surface area contributed by atoms with Gasteiger partial charge in [0.2, 0.25) is 5.95 Å². The highest BCUT2D eigenvalue weighted by molar-refractivity contribution is 6.30. The van der Waals surface area contributed by atoms with Crippen molar-refractivity contribution in [1.82, 2.24) is 15.2 Å². The maximum Gasteiger partial charge on any atom is 0.244 e. The Morgan fingerprint density at radius 3 is 2.62 bits per heavy atom. The van der Waals surface area contributed by atoms with Crippen LogP contribution < -0.4 is 10.6 Å². The van der Waals surface area contributed by atoms with Crippen LogP contribution >= 0.6 is 11.6 Å². The number of benzene rings is 2. The molecule has 1 aromatic heterocycles. The summed E-state index contributed by atoms with van der Waals surface area (Å²) in [6.07, 6.45) is 2.06. The number of hydrogen-bond acceptors (Lipinski definition) is 5. The van der Waals surface area contributed by atoms with Crippen LogP contribution in [0, 0.1) is 5.82 Å². The summed E-state index contributed by atoms with van der Waals surface area (Å²) in [5.74, 6) is 0.725. The average molecular weight is 344 g/mol. The minimum atomic E-state index is -0.212. The summed E-state index contributed by atoms with van der Waals surface area (Å²) in [6.45, 7) is 0.507. The number of nitrogens with zero attached hydrogens (tertiary/aromatic N) is 3. The van der Waals surface area contributed by atoms with Crippen LogP contribution in [0.2, 0.25) is 5.02 Å². The van der Waals surface area contributed by atoms with Gasteiger partial charge in [-0.2, -0.15) is 10.1 Å². The van der Waals surface area contributed by atoms with E-state index < -0.39 is 0 Å². The SMILES string of the molecule is Fc1ccccc1CCNc1nncc(Nc2ccc(Cl)cc2)n1. The van der Waals surface area contributed by atoms with Gasteiger partial charge in [-0.1, -0.05) is 29.8 Å². The van der Waals surface area contributed by atoms with Crippen molar-refractivity contribution in [3.8, 4) is 0 Å². The van der Waals surface area contributed by atoms with Crippen molar-refractivity contribution in [2.24, 2.45) is 0 Å². The van der Waals surface area contributed by atoms with Gasteiger partial charge in [0.1, 0.15) is 5.82 Å². The molecule has 0 aliphatic carbocycles. The van der Waals surface area contributed by atoms with E-state index in [9.17, 15) is 4.39 Å². The first-order chi connectivity index (χ1) is 11.7. The van der Waals surface area contributed by atoms with Crippen LogP contribution in [0.1, 0.15) is 5.56 Å². The van der Waals surface area contributed by atoms with Crippen molar-refractivity contribution < 1.29 is 4.39 Å². The van der Waals surface area contributed by atoms with Crippen LogP contribution in [-0.2, 0) is 6.42 Å². The van der Waals surface area contributed by atoms with Gasteiger partial charge in [0.05, 0.1) is 6.20 Å². The van der Waals surface area contributed by atoms with E-state index >= 15 is 0 Å². The minimum Gasteiger partial charge on any atom is -0.353 e. The molecular formula is C17H15ClFN5. The van der Waals surface area contributed by atoms with Gasteiger partial charge in [-0.25, -0.2) is 4.39 Å². The lowest BCUT2D eigenvalue weighted by molar-refractivity contribution is 0.610. The van der Waals surface area contributed by atoms with E-state index in [1.807, 2.05) is 18.2 Å². The first kappa shape index (κ1) is 16.1. The van der Waals surface area contributed by atoms with E-state index in [2.05, 4.69) is 25.8 Å². The standard InChI is InChI=1S/C17H15ClFN5/c18-13-5-7-14(8-6-13)22-16-11-21-24-17(23-16)20-10-9-12-3-1-2-4-15(12)19/h1-8,11H,9-10H2,(H2,20,22,23,24). The average Bonchev–Trinajstić information content (AvgIpc) is 2.59. The normalized spacial score (nSPS) is 10.4. The highest BCUT2D eigenvalue weighted by Crippen LogP contribution is 2.17. The van der Waals surface area contributed by atoms with Gasteiger partial charge in [-0.05, 0) is 42.3 Å². The summed E-state index contributed by atoms with van der Waals surface area (Å²) in [4.78, 5) is 4.32. The predicted octanol–water partition coefficient (Wildman–Crippen LogP) is 4.06. The molecule has 0 bridgehead atoms. The molecular weight excluding hydrogens is 329 g/mol. The van der Waals surface area contributed by atoms with E-state index in [0.29, 0.717) is 35.3 Å². The number of nitrogens with one attached hydrogen (secondary N) is 2. The van der Waals surface area contributed by atoms with Gasteiger partial charge in [0, 0.05) is 17.3 Å². The lowest BCUT2D eigenvalue weighted by Crippen LogP contribution is -2.10. The molecule has 3 rings (SSSR count). The summed E-state index contributed by atoms with van der Waals surface area (Å²) in [5, 5.41) is 14.6. The van der Waals surface area contributed by atoms with Gasteiger partial charge in [0.25, 0.3) is 0 Å². The number of hydrogen-bond donors (Lipinski definition) is 2. The Hall–Kier alpha value is -2.73. The molecule has 0 unspecified atom stereocenters. The van der Waals surface area contributed by atoms with Crippen molar-refractivity contribution in [1.29, 1.82) is 0 Å². The lowest BCUT2D eigenvalue weighted by atomic mass is 10.1. The topological polar surface area (TPSA) is 62.7 Å². The third kappa shape index (κ3) is 4.39. The van der Waals surface area contributed by atoms with Crippen LogP contribution in [0.25, 0.3) is 0 Å². The molecule has 2 aromatic carbocycles. The molecule has 2 N–H and O–H groups in total. The number of rotatable bonds is 6. The molecule has 0 saturated carbocycles. The molecule has 0 amide bonds. The first-order valence-electron chi connectivity index (χ1n) is 7.40. The molecule has 3 aromatic rings. The summed E-state index contributed by atoms with van der Waals surface area (Å²) in [6, 6.07) is 13.9. The fourth-order valence-electron chi connectivity index (χ4n) is 2.13. The maximum atomic E-state index is 13.6. The van der Waals surface area contributed by atoms with Crippen LogP contribution in [0.4, 0.5) is 21.8 Å². The molecule has 0 atom stereocenters. The Morgan fingerprint density at radius 1 is 1.04 bits per heavy atom. The zero-order valence-electron chi connectivity index (χ0n) is 12.7. The smallest absolute Gasteiger partial charge is 0.244 e. The molecule has 0 radical (unpaired) electrons. The van der Waals surface area contributed by atoms with Gasteiger partial charge >= 0.3 is 0 Å². The van der Waals surface area contributed by atoms with Crippen molar-refractivity contribution in [3.63, 3.8) is 0 Å². The Morgan fingerprint density at radius 2 is 1.83 bits per heavy atom. The largest absolute Gasteiger partial charge is 0.353 e. The molecule has 0 aliphatic rings. The predicted molar refractivity (Wildman–Crippen MR) is 93.2 cm³/mol. The maximum absolute atomic E-state index is 13.6. The molecule has 0 fully saturated rings. The number of aromatic nitrogens is 3. The number of halogens is 2. The molecule has 24 heavy (non-hydrogen) atoms. The Kier molecular flexibility index (Phi) is 5.18. The van der Waals surface area contributed by atoms with Crippen molar-refractivity contribution >= 4 is 29.1 Å². The van der Waals surface area contributed by atoms with E-state index in [1.165, 1.54) is 12.3 Å². The molecule has 122 valence electrons. The summed E-state index contributed by atoms with van der Waals surface area (Å²) < 4.78 is 13.6. The zero-order chi connectivity index (χ0) is 16.8. The highest BCUT2D eigenvalue weighted by Gasteiger charge is 2.03. The quantitative estimate of drug-likeness (QED) is 0.706. The summed E-state index contributed by atoms with van der Waals surface area (Å²) in [5.41, 5.74) is 1.49. The van der Waals surface area contributed by atoms with Crippen molar-refractivity contribution in [3.05, 3.63) is 71.1 Å². The third-order valence-corrected chi connectivity index (χ3v) is 3.56. The van der Waals surface area contributed by atoms with Crippen molar-refractivity contribution in [2.45, 2.75) is 6.42 Å². The molecule has 5 nitrogen and oxygen atoms in total. The Balaban J connectivity index is 1.59. The fraction of sp³-hybridized carbons (Fsp3) is 0.118. The summed E-state index contributed by atoms with van der Waals surface area (Å²) >= 11 is 5.86. The molecule has 0 saturated heterocycles. The first-order valence-corrected chi connectivity index (χ1v) is 7.78. The van der Waals surface area contributed by atoms with Gasteiger partial charge < -0.3 is 10.6 Å². The second-order valence-electron chi connectivity index (χ2n) is 5.07. The van der Waals surface area contributed by atoms with Gasteiger partial charge in [-0.15, -0.1) is 5.10 Å².